The Labute approximate surface area is 104 Å². The lowest BCUT2D eigenvalue weighted by Crippen LogP contribution is -2.38. The third kappa shape index (κ3) is 4.82. The molecule has 0 atom stereocenters. The van der Waals surface area contributed by atoms with Gasteiger partial charge in [0.15, 0.2) is 0 Å². The fraction of sp³-hybridized carbons (Fsp3) is 0.333. The second kappa shape index (κ2) is 7.26. The van der Waals surface area contributed by atoms with Crippen LogP contribution in [0.25, 0.3) is 0 Å². The molecule has 0 saturated heterocycles. The summed E-state index contributed by atoms with van der Waals surface area (Å²) in [5.74, 6) is -0.901. The van der Waals surface area contributed by atoms with Crippen molar-refractivity contribution in [3.05, 3.63) is 35.6 Å². The van der Waals surface area contributed by atoms with E-state index in [9.17, 15) is 14.0 Å². The van der Waals surface area contributed by atoms with Gasteiger partial charge < -0.3 is 15.4 Å². The van der Waals surface area contributed by atoms with Crippen molar-refractivity contribution in [2.24, 2.45) is 0 Å². The van der Waals surface area contributed by atoms with E-state index in [-0.39, 0.29) is 25.5 Å². The topological polar surface area (TPSA) is 67.4 Å². The summed E-state index contributed by atoms with van der Waals surface area (Å²) < 4.78 is 17.8. The Kier molecular flexibility index (Phi) is 5.63. The van der Waals surface area contributed by atoms with Crippen LogP contribution in [0.15, 0.2) is 24.3 Å². The Morgan fingerprint density at radius 1 is 1.28 bits per heavy atom. The van der Waals surface area contributed by atoms with E-state index in [0.717, 1.165) is 0 Å². The summed E-state index contributed by atoms with van der Waals surface area (Å²) in [5, 5.41) is 4.75. The molecule has 0 unspecified atom stereocenters. The van der Waals surface area contributed by atoms with E-state index in [4.69, 9.17) is 0 Å². The van der Waals surface area contributed by atoms with Crippen molar-refractivity contribution in [1.82, 2.24) is 10.6 Å². The highest BCUT2D eigenvalue weighted by atomic mass is 19.1. The van der Waals surface area contributed by atoms with E-state index in [0.29, 0.717) is 5.56 Å². The lowest BCUT2D eigenvalue weighted by Gasteiger charge is -2.07. The molecule has 0 bridgehead atoms. The molecular formula is C12H15FN2O3. The molecule has 98 valence electrons. The van der Waals surface area contributed by atoms with Crippen molar-refractivity contribution in [3.63, 3.8) is 0 Å². The highest BCUT2D eigenvalue weighted by Crippen LogP contribution is 2.04. The summed E-state index contributed by atoms with van der Waals surface area (Å²) in [6, 6.07) is 5.58. The zero-order valence-corrected chi connectivity index (χ0v) is 10.0. The lowest BCUT2D eigenvalue weighted by atomic mass is 10.2. The summed E-state index contributed by atoms with van der Waals surface area (Å²) in [6.07, 6.45) is 0. The zero-order chi connectivity index (χ0) is 13.4. The average Bonchev–Trinajstić information content (AvgIpc) is 2.36. The Balaban J connectivity index is 2.29. The molecule has 0 saturated carbocycles. The first-order valence-corrected chi connectivity index (χ1v) is 5.54. The van der Waals surface area contributed by atoms with Crippen LogP contribution < -0.4 is 10.6 Å². The number of rotatable bonds is 5. The van der Waals surface area contributed by atoms with Crippen LogP contribution in [0, 0.1) is 5.82 Å². The molecule has 0 aliphatic carbocycles. The maximum absolute atomic E-state index is 13.2. The summed E-state index contributed by atoms with van der Waals surface area (Å²) in [5.41, 5.74) is 0.379. The molecule has 5 nitrogen and oxygen atoms in total. The van der Waals surface area contributed by atoms with Crippen molar-refractivity contribution < 1.29 is 18.7 Å². The third-order valence-electron chi connectivity index (χ3n) is 2.10. The van der Waals surface area contributed by atoms with Crippen LogP contribution in [0.3, 0.4) is 0 Å². The fourth-order valence-corrected chi connectivity index (χ4v) is 1.24. The molecule has 1 aromatic carbocycles. The molecular weight excluding hydrogens is 239 g/mol. The van der Waals surface area contributed by atoms with Crippen molar-refractivity contribution in [1.29, 1.82) is 0 Å². The second-order valence-corrected chi connectivity index (χ2v) is 3.43. The van der Waals surface area contributed by atoms with E-state index in [1.807, 2.05) is 0 Å². The standard InChI is InChI=1S/C12H15FN2O3/c1-2-18-11(16)8-15-12(17)14-7-9-5-3-4-6-10(9)13/h3-6H,2,7-8H2,1H3,(H2,14,15,17). The van der Waals surface area contributed by atoms with Crippen molar-refractivity contribution >= 4 is 12.0 Å². The number of carbonyl (C=O) groups is 2. The minimum absolute atomic E-state index is 0.0569. The highest BCUT2D eigenvalue weighted by Gasteiger charge is 2.06. The van der Waals surface area contributed by atoms with Crippen LogP contribution in [0.1, 0.15) is 12.5 Å². The molecule has 6 heteroatoms. The number of amides is 2. The molecule has 1 rings (SSSR count). The Morgan fingerprint density at radius 3 is 2.67 bits per heavy atom. The van der Waals surface area contributed by atoms with E-state index in [1.54, 1.807) is 25.1 Å². The molecule has 0 fully saturated rings. The van der Waals surface area contributed by atoms with Gasteiger partial charge in [0.25, 0.3) is 0 Å². The van der Waals surface area contributed by atoms with Gasteiger partial charge in [0.1, 0.15) is 12.4 Å². The fourth-order valence-electron chi connectivity index (χ4n) is 1.24. The molecule has 2 N–H and O–H groups in total. The molecule has 18 heavy (non-hydrogen) atoms. The van der Waals surface area contributed by atoms with Crippen molar-refractivity contribution in [2.75, 3.05) is 13.2 Å². The molecule has 0 aromatic heterocycles. The van der Waals surface area contributed by atoms with Gasteiger partial charge in [-0.1, -0.05) is 18.2 Å². The summed E-state index contributed by atoms with van der Waals surface area (Å²) in [6.45, 7) is 1.78. The first-order chi connectivity index (χ1) is 8.63. The lowest BCUT2D eigenvalue weighted by molar-refractivity contribution is -0.141. The number of benzene rings is 1. The third-order valence-corrected chi connectivity index (χ3v) is 2.10. The molecule has 0 aliphatic heterocycles. The van der Waals surface area contributed by atoms with E-state index >= 15 is 0 Å². The summed E-state index contributed by atoms with van der Waals surface area (Å²) in [4.78, 5) is 22.2. The second-order valence-electron chi connectivity index (χ2n) is 3.43. The largest absolute Gasteiger partial charge is 0.465 e. The average molecular weight is 254 g/mol. The van der Waals surface area contributed by atoms with Crippen LogP contribution >= 0.6 is 0 Å². The van der Waals surface area contributed by atoms with E-state index < -0.39 is 12.0 Å². The Morgan fingerprint density at radius 2 is 2.00 bits per heavy atom. The monoisotopic (exact) mass is 254 g/mol. The number of nitrogens with one attached hydrogen (secondary N) is 2. The Bertz CT molecular complexity index is 424. The molecule has 0 aliphatic rings. The maximum Gasteiger partial charge on any atom is 0.325 e. The number of hydrogen-bond acceptors (Lipinski definition) is 3. The zero-order valence-electron chi connectivity index (χ0n) is 10.0. The quantitative estimate of drug-likeness (QED) is 0.775. The van der Waals surface area contributed by atoms with Gasteiger partial charge in [-0.25, -0.2) is 9.18 Å². The van der Waals surface area contributed by atoms with Crippen LogP contribution in [0.4, 0.5) is 9.18 Å². The number of urea groups is 1. The van der Waals surface area contributed by atoms with Gasteiger partial charge in [-0.2, -0.15) is 0 Å². The Hall–Kier alpha value is -2.11. The van der Waals surface area contributed by atoms with Crippen molar-refractivity contribution in [3.8, 4) is 0 Å². The molecule has 1 aromatic rings. The molecule has 0 radical (unpaired) electrons. The maximum atomic E-state index is 13.2. The molecule has 0 spiro atoms. The van der Waals surface area contributed by atoms with Gasteiger partial charge in [0, 0.05) is 12.1 Å². The minimum atomic E-state index is -0.550. The SMILES string of the molecule is CCOC(=O)CNC(=O)NCc1ccccc1F. The normalized spacial score (nSPS) is 9.67. The van der Waals surface area contributed by atoms with Gasteiger partial charge in [0.05, 0.1) is 6.61 Å². The van der Waals surface area contributed by atoms with Gasteiger partial charge in [0.2, 0.25) is 0 Å². The van der Waals surface area contributed by atoms with Gasteiger partial charge in [-0.05, 0) is 13.0 Å². The number of ether oxygens (including phenoxy) is 1. The summed E-state index contributed by atoms with van der Waals surface area (Å²) >= 11 is 0. The van der Waals surface area contributed by atoms with Gasteiger partial charge >= 0.3 is 12.0 Å². The molecule has 2 amide bonds. The predicted molar refractivity (Wildman–Crippen MR) is 63.3 cm³/mol. The predicted octanol–water partition coefficient (Wildman–Crippen LogP) is 1.19. The van der Waals surface area contributed by atoms with E-state index in [2.05, 4.69) is 15.4 Å². The number of halogens is 1. The van der Waals surface area contributed by atoms with Gasteiger partial charge in [-0.15, -0.1) is 0 Å². The van der Waals surface area contributed by atoms with Crippen molar-refractivity contribution in [2.45, 2.75) is 13.5 Å². The van der Waals surface area contributed by atoms with Crippen LogP contribution in [0.5, 0.6) is 0 Å². The smallest absolute Gasteiger partial charge is 0.325 e. The number of esters is 1. The number of carbonyl (C=O) groups excluding carboxylic acids is 2. The number of hydrogen-bond donors (Lipinski definition) is 2. The molecule has 0 heterocycles. The van der Waals surface area contributed by atoms with Crippen LogP contribution in [0.2, 0.25) is 0 Å². The van der Waals surface area contributed by atoms with E-state index in [1.165, 1.54) is 6.07 Å². The first kappa shape index (κ1) is 14.0. The summed E-state index contributed by atoms with van der Waals surface area (Å²) in [7, 11) is 0. The van der Waals surface area contributed by atoms with Gasteiger partial charge in [-0.3, -0.25) is 4.79 Å². The van der Waals surface area contributed by atoms with Crippen LogP contribution in [-0.2, 0) is 16.1 Å². The van der Waals surface area contributed by atoms with Crippen LogP contribution in [-0.4, -0.2) is 25.2 Å². The minimum Gasteiger partial charge on any atom is -0.465 e. The highest BCUT2D eigenvalue weighted by molar-refractivity contribution is 5.80. The first-order valence-electron chi connectivity index (χ1n) is 5.54.